The summed E-state index contributed by atoms with van der Waals surface area (Å²) >= 11 is 0. The van der Waals surface area contributed by atoms with E-state index < -0.39 is 0 Å². The number of rotatable bonds is 4. The van der Waals surface area contributed by atoms with Crippen LogP contribution in [0.2, 0.25) is 0 Å². The molecule has 0 radical (unpaired) electrons. The van der Waals surface area contributed by atoms with Gasteiger partial charge in [0.25, 0.3) is 0 Å². The molecule has 0 unspecified atom stereocenters. The summed E-state index contributed by atoms with van der Waals surface area (Å²) in [6.07, 6.45) is 1.85. The minimum atomic E-state index is -0.197. The molecule has 1 heterocycles. The fourth-order valence-corrected chi connectivity index (χ4v) is 1.58. The predicted molar refractivity (Wildman–Crippen MR) is 65.9 cm³/mol. The number of aryl methyl sites for hydroxylation is 1. The fraction of sp³-hybridized carbons (Fsp3) is 0.214. The van der Waals surface area contributed by atoms with E-state index >= 15 is 0 Å². The average Bonchev–Trinajstić information content (AvgIpc) is 2.32. The Hall–Kier alpha value is -1.74. The van der Waals surface area contributed by atoms with E-state index in [0.29, 0.717) is 13.1 Å². The summed E-state index contributed by atoms with van der Waals surface area (Å²) < 4.78 is 12.9. The third kappa shape index (κ3) is 3.64. The molecule has 1 aromatic heterocycles. The van der Waals surface area contributed by atoms with E-state index in [9.17, 15) is 4.39 Å². The number of aromatic nitrogens is 1. The summed E-state index contributed by atoms with van der Waals surface area (Å²) in [5.74, 6) is -0.197. The van der Waals surface area contributed by atoms with Crippen molar-refractivity contribution in [2.45, 2.75) is 20.0 Å². The lowest BCUT2D eigenvalue weighted by molar-refractivity contribution is 0.619. The fourth-order valence-electron chi connectivity index (χ4n) is 1.58. The van der Waals surface area contributed by atoms with Crippen molar-refractivity contribution in [3.05, 3.63) is 65.2 Å². The van der Waals surface area contributed by atoms with Crippen LogP contribution >= 0.6 is 0 Å². The quantitative estimate of drug-likeness (QED) is 0.873. The van der Waals surface area contributed by atoms with Gasteiger partial charge in [0, 0.05) is 19.3 Å². The Labute approximate surface area is 101 Å². The number of hydrogen-bond acceptors (Lipinski definition) is 2. The molecule has 1 N–H and O–H groups in total. The highest BCUT2D eigenvalue weighted by atomic mass is 19.1. The Morgan fingerprint density at radius 1 is 1.18 bits per heavy atom. The van der Waals surface area contributed by atoms with Crippen molar-refractivity contribution in [2.75, 3.05) is 0 Å². The molecule has 0 bridgehead atoms. The van der Waals surface area contributed by atoms with Crippen LogP contribution in [0, 0.1) is 12.7 Å². The van der Waals surface area contributed by atoms with Crippen LogP contribution in [-0.2, 0) is 13.1 Å². The summed E-state index contributed by atoms with van der Waals surface area (Å²) in [7, 11) is 0. The van der Waals surface area contributed by atoms with E-state index in [1.165, 1.54) is 12.1 Å². The topological polar surface area (TPSA) is 24.9 Å². The molecule has 0 aliphatic carbocycles. The van der Waals surface area contributed by atoms with Crippen molar-refractivity contribution in [3.63, 3.8) is 0 Å². The maximum absolute atomic E-state index is 12.9. The summed E-state index contributed by atoms with van der Waals surface area (Å²) in [6, 6.07) is 10.6. The summed E-state index contributed by atoms with van der Waals surface area (Å²) in [5, 5.41) is 3.24. The second kappa shape index (κ2) is 5.55. The molecule has 0 aliphatic heterocycles. The second-order valence-corrected chi connectivity index (χ2v) is 4.06. The number of benzene rings is 1. The van der Waals surface area contributed by atoms with Crippen LogP contribution < -0.4 is 5.32 Å². The first-order chi connectivity index (χ1) is 8.24. The molecule has 0 saturated heterocycles. The van der Waals surface area contributed by atoms with Gasteiger partial charge in [-0.25, -0.2) is 4.39 Å². The van der Waals surface area contributed by atoms with Crippen LogP contribution in [0.25, 0.3) is 0 Å². The van der Waals surface area contributed by atoms with E-state index in [-0.39, 0.29) is 5.82 Å². The highest BCUT2D eigenvalue weighted by Crippen LogP contribution is 2.03. The Morgan fingerprint density at radius 2 is 2.06 bits per heavy atom. The van der Waals surface area contributed by atoms with Crippen LogP contribution in [0.5, 0.6) is 0 Å². The van der Waals surface area contributed by atoms with Gasteiger partial charge in [0.2, 0.25) is 0 Å². The smallest absolute Gasteiger partial charge is 0.123 e. The molecule has 3 heteroatoms. The molecule has 2 rings (SSSR count). The van der Waals surface area contributed by atoms with Crippen LogP contribution in [0.1, 0.15) is 16.8 Å². The lowest BCUT2D eigenvalue weighted by Crippen LogP contribution is -2.13. The zero-order valence-corrected chi connectivity index (χ0v) is 9.78. The van der Waals surface area contributed by atoms with E-state index in [1.807, 2.05) is 31.3 Å². The molecular weight excluding hydrogens is 215 g/mol. The van der Waals surface area contributed by atoms with Gasteiger partial charge in [-0.2, -0.15) is 0 Å². The maximum Gasteiger partial charge on any atom is 0.123 e. The highest BCUT2D eigenvalue weighted by Gasteiger charge is 1.96. The van der Waals surface area contributed by atoms with Gasteiger partial charge in [-0.05, 0) is 36.2 Å². The molecule has 2 aromatic rings. The maximum atomic E-state index is 12.9. The summed E-state index contributed by atoms with van der Waals surface area (Å²) in [6.45, 7) is 3.35. The van der Waals surface area contributed by atoms with Gasteiger partial charge in [-0.15, -0.1) is 0 Å². The molecule has 0 atom stereocenters. The average molecular weight is 230 g/mol. The molecule has 2 nitrogen and oxygen atoms in total. The van der Waals surface area contributed by atoms with Crippen molar-refractivity contribution in [2.24, 2.45) is 0 Å². The number of halogens is 1. The molecular formula is C14H15FN2. The van der Waals surface area contributed by atoms with Gasteiger partial charge in [0.05, 0.1) is 5.69 Å². The monoisotopic (exact) mass is 230 g/mol. The van der Waals surface area contributed by atoms with Gasteiger partial charge >= 0.3 is 0 Å². The minimum absolute atomic E-state index is 0.197. The first kappa shape index (κ1) is 11.7. The first-order valence-corrected chi connectivity index (χ1v) is 5.61. The van der Waals surface area contributed by atoms with Crippen molar-refractivity contribution in [1.29, 1.82) is 0 Å². The SMILES string of the molecule is Cc1ccc(CNCc2cccc(F)c2)nc1. The van der Waals surface area contributed by atoms with Gasteiger partial charge < -0.3 is 5.32 Å². The Balaban J connectivity index is 1.85. The minimum Gasteiger partial charge on any atom is -0.307 e. The van der Waals surface area contributed by atoms with Gasteiger partial charge in [-0.1, -0.05) is 18.2 Å². The Bertz CT molecular complexity index is 480. The largest absolute Gasteiger partial charge is 0.307 e. The third-order valence-electron chi connectivity index (χ3n) is 2.50. The number of nitrogens with zero attached hydrogens (tertiary/aromatic N) is 1. The van der Waals surface area contributed by atoms with E-state index in [2.05, 4.69) is 10.3 Å². The second-order valence-electron chi connectivity index (χ2n) is 4.06. The van der Waals surface area contributed by atoms with E-state index in [0.717, 1.165) is 16.8 Å². The highest BCUT2D eigenvalue weighted by molar-refractivity contribution is 5.16. The molecule has 1 aromatic carbocycles. The van der Waals surface area contributed by atoms with Crippen molar-refractivity contribution in [3.8, 4) is 0 Å². The van der Waals surface area contributed by atoms with Gasteiger partial charge in [0.1, 0.15) is 5.82 Å². The lowest BCUT2D eigenvalue weighted by atomic mass is 10.2. The molecule has 0 fully saturated rings. The standard InChI is InChI=1S/C14H15FN2/c1-11-5-6-14(17-8-11)10-16-9-12-3-2-4-13(15)7-12/h2-8,16H,9-10H2,1H3. The predicted octanol–water partition coefficient (Wildman–Crippen LogP) is 2.82. The summed E-state index contributed by atoms with van der Waals surface area (Å²) in [5.41, 5.74) is 3.09. The normalized spacial score (nSPS) is 10.5. The van der Waals surface area contributed by atoms with Crippen molar-refractivity contribution >= 4 is 0 Å². The molecule has 88 valence electrons. The number of hydrogen-bond donors (Lipinski definition) is 1. The first-order valence-electron chi connectivity index (χ1n) is 5.61. The Kier molecular flexibility index (Phi) is 3.83. The number of pyridine rings is 1. The van der Waals surface area contributed by atoms with E-state index in [4.69, 9.17) is 0 Å². The van der Waals surface area contributed by atoms with Crippen molar-refractivity contribution in [1.82, 2.24) is 10.3 Å². The van der Waals surface area contributed by atoms with Crippen LogP contribution in [-0.4, -0.2) is 4.98 Å². The molecule has 0 spiro atoms. The molecule has 0 aliphatic rings. The lowest BCUT2D eigenvalue weighted by Gasteiger charge is -2.05. The number of nitrogens with one attached hydrogen (secondary N) is 1. The van der Waals surface area contributed by atoms with Crippen LogP contribution in [0.3, 0.4) is 0 Å². The van der Waals surface area contributed by atoms with Crippen molar-refractivity contribution < 1.29 is 4.39 Å². The van der Waals surface area contributed by atoms with Crippen LogP contribution in [0.15, 0.2) is 42.6 Å². The zero-order chi connectivity index (χ0) is 12.1. The molecule has 0 amide bonds. The summed E-state index contributed by atoms with van der Waals surface area (Å²) in [4.78, 5) is 4.29. The van der Waals surface area contributed by atoms with Crippen LogP contribution in [0.4, 0.5) is 4.39 Å². The Morgan fingerprint density at radius 3 is 2.76 bits per heavy atom. The van der Waals surface area contributed by atoms with Gasteiger partial charge in [0.15, 0.2) is 0 Å². The third-order valence-corrected chi connectivity index (χ3v) is 2.50. The molecule has 17 heavy (non-hydrogen) atoms. The molecule has 0 saturated carbocycles. The zero-order valence-electron chi connectivity index (χ0n) is 9.78. The van der Waals surface area contributed by atoms with E-state index in [1.54, 1.807) is 6.07 Å². The van der Waals surface area contributed by atoms with Gasteiger partial charge in [-0.3, -0.25) is 4.98 Å².